The summed E-state index contributed by atoms with van der Waals surface area (Å²) in [5.41, 5.74) is 0.205. The lowest BCUT2D eigenvalue weighted by Gasteiger charge is -2.11. The molecular weight excluding hydrogens is 315 g/mol. The molecule has 2 rings (SSSR count). The van der Waals surface area contributed by atoms with Gasteiger partial charge < -0.3 is 5.32 Å². The topological polar surface area (TPSA) is 54.9 Å². The van der Waals surface area contributed by atoms with E-state index in [1.54, 1.807) is 18.2 Å². The number of carbonyl (C=O) groups is 1. The number of alkyl halides is 3. The summed E-state index contributed by atoms with van der Waals surface area (Å²) < 4.78 is 38.6. The lowest BCUT2D eigenvalue weighted by atomic mass is 10.2. The molecule has 22 heavy (non-hydrogen) atoms. The number of nitrogens with one attached hydrogen (secondary N) is 1. The lowest BCUT2D eigenvalue weighted by Crippen LogP contribution is -2.31. The van der Waals surface area contributed by atoms with Crippen molar-refractivity contribution in [1.82, 2.24) is 15.3 Å². The Labute approximate surface area is 129 Å². The number of para-hydroxylation sites is 1. The molecule has 0 aliphatic rings. The van der Waals surface area contributed by atoms with Gasteiger partial charge in [0.05, 0.1) is 11.3 Å². The van der Waals surface area contributed by atoms with Crippen molar-refractivity contribution in [3.05, 3.63) is 30.1 Å². The number of fused-ring (bicyclic) bond motifs is 1. The van der Waals surface area contributed by atoms with E-state index in [1.807, 2.05) is 13.8 Å². The predicted octanol–water partition coefficient (Wildman–Crippen LogP) is 3.27. The molecule has 0 unspecified atom stereocenters. The van der Waals surface area contributed by atoms with Crippen LogP contribution in [0.2, 0.25) is 0 Å². The van der Waals surface area contributed by atoms with Gasteiger partial charge in [0.15, 0.2) is 0 Å². The summed E-state index contributed by atoms with van der Waals surface area (Å²) in [6, 6.07) is 6.40. The van der Waals surface area contributed by atoms with Crippen molar-refractivity contribution < 1.29 is 18.0 Å². The Morgan fingerprint density at radius 3 is 2.59 bits per heavy atom. The first-order valence-electron chi connectivity index (χ1n) is 6.53. The van der Waals surface area contributed by atoms with Crippen LogP contribution < -0.4 is 5.32 Å². The van der Waals surface area contributed by atoms with Crippen molar-refractivity contribution in [2.75, 3.05) is 5.75 Å². The third kappa shape index (κ3) is 4.09. The largest absolute Gasteiger partial charge is 0.451 e. The molecule has 0 radical (unpaired) electrons. The second kappa shape index (κ2) is 6.51. The van der Waals surface area contributed by atoms with E-state index >= 15 is 0 Å². The molecular formula is C14H14F3N3OS. The van der Waals surface area contributed by atoms with Crippen LogP contribution in [-0.4, -0.2) is 27.7 Å². The second-order valence-corrected chi connectivity index (χ2v) is 5.84. The van der Waals surface area contributed by atoms with E-state index in [9.17, 15) is 18.0 Å². The van der Waals surface area contributed by atoms with Crippen LogP contribution in [0.4, 0.5) is 13.2 Å². The molecule has 0 aliphatic carbocycles. The van der Waals surface area contributed by atoms with E-state index in [4.69, 9.17) is 0 Å². The SMILES string of the molecule is CC(C)NC(=O)CSc1nc(C(F)(F)F)nc2ccccc12. The zero-order valence-electron chi connectivity index (χ0n) is 11.9. The molecule has 0 fully saturated rings. The first-order valence-corrected chi connectivity index (χ1v) is 7.52. The Morgan fingerprint density at radius 1 is 1.27 bits per heavy atom. The van der Waals surface area contributed by atoms with Gasteiger partial charge >= 0.3 is 6.18 Å². The molecule has 0 bridgehead atoms. The van der Waals surface area contributed by atoms with Gasteiger partial charge in [0, 0.05) is 11.4 Å². The number of carbonyl (C=O) groups excluding carboxylic acids is 1. The number of thioether (sulfide) groups is 1. The van der Waals surface area contributed by atoms with Crippen LogP contribution >= 0.6 is 11.8 Å². The van der Waals surface area contributed by atoms with E-state index < -0.39 is 12.0 Å². The normalized spacial score (nSPS) is 11.9. The molecule has 1 amide bonds. The van der Waals surface area contributed by atoms with Crippen molar-refractivity contribution in [1.29, 1.82) is 0 Å². The molecule has 0 spiro atoms. The fourth-order valence-electron chi connectivity index (χ4n) is 1.78. The van der Waals surface area contributed by atoms with Gasteiger partial charge in [-0.2, -0.15) is 13.2 Å². The highest BCUT2D eigenvalue weighted by molar-refractivity contribution is 8.00. The van der Waals surface area contributed by atoms with E-state index in [2.05, 4.69) is 15.3 Å². The van der Waals surface area contributed by atoms with Crippen LogP contribution in [0, 0.1) is 0 Å². The Kier molecular flexibility index (Phi) is 4.90. The second-order valence-electron chi connectivity index (χ2n) is 4.88. The number of aromatic nitrogens is 2. The average molecular weight is 329 g/mol. The van der Waals surface area contributed by atoms with Gasteiger partial charge in [-0.25, -0.2) is 9.97 Å². The highest BCUT2D eigenvalue weighted by Crippen LogP contribution is 2.31. The van der Waals surface area contributed by atoms with E-state index in [1.165, 1.54) is 6.07 Å². The van der Waals surface area contributed by atoms with Gasteiger partial charge in [-0.3, -0.25) is 4.79 Å². The predicted molar refractivity (Wildman–Crippen MR) is 78.5 cm³/mol. The molecule has 0 atom stereocenters. The molecule has 4 nitrogen and oxygen atoms in total. The Morgan fingerprint density at radius 2 is 1.95 bits per heavy atom. The molecule has 1 heterocycles. The molecule has 1 N–H and O–H groups in total. The van der Waals surface area contributed by atoms with Gasteiger partial charge in [0.1, 0.15) is 5.03 Å². The maximum absolute atomic E-state index is 12.9. The molecule has 1 aromatic carbocycles. The smallest absolute Gasteiger partial charge is 0.353 e. The maximum Gasteiger partial charge on any atom is 0.451 e. The van der Waals surface area contributed by atoms with Crippen LogP contribution in [0.15, 0.2) is 29.3 Å². The average Bonchev–Trinajstić information content (AvgIpc) is 2.42. The van der Waals surface area contributed by atoms with Crippen LogP contribution in [0.3, 0.4) is 0 Å². The molecule has 0 saturated carbocycles. The number of hydrogen-bond donors (Lipinski definition) is 1. The Hall–Kier alpha value is -1.83. The summed E-state index contributed by atoms with van der Waals surface area (Å²) in [7, 11) is 0. The minimum absolute atomic E-state index is 0.00349. The molecule has 0 saturated heterocycles. The van der Waals surface area contributed by atoms with Crippen LogP contribution in [-0.2, 0) is 11.0 Å². The van der Waals surface area contributed by atoms with Crippen molar-refractivity contribution in [2.45, 2.75) is 31.1 Å². The van der Waals surface area contributed by atoms with Gasteiger partial charge in [0.25, 0.3) is 0 Å². The highest BCUT2D eigenvalue weighted by Gasteiger charge is 2.35. The Bertz CT molecular complexity index is 689. The Balaban J connectivity index is 2.33. The lowest BCUT2D eigenvalue weighted by molar-refractivity contribution is -0.145. The number of nitrogens with zero attached hydrogens (tertiary/aromatic N) is 2. The van der Waals surface area contributed by atoms with E-state index in [0.29, 0.717) is 5.39 Å². The number of benzene rings is 1. The van der Waals surface area contributed by atoms with Crippen molar-refractivity contribution in [3.63, 3.8) is 0 Å². The molecule has 118 valence electrons. The zero-order valence-corrected chi connectivity index (χ0v) is 12.8. The zero-order chi connectivity index (χ0) is 16.3. The van der Waals surface area contributed by atoms with Crippen molar-refractivity contribution in [3.8, 4) is 0 Å². The first-order chi connectivity index (χ1) is 10.3. The summed E-state index contributed by atoms with van der Waals surface area (Å²) in [4.78, 5) is 18.7. The highest BCUT2D eigenvalue weighted by atomic mass is 32.2. The van der Waals surface area contributed by atoms with Crippen LogP contribution in [0.5, 0.6) is 0 Å². The maximum atomic E-state index is 12.9. The summed E-state index contributed by atoms with van der Waals surface area (Å²) in [5, 5.41) is 3.33. The van der Waals surface area contributed by atoms with Gasteiger partial charge in [-0.05, 0) is 19.9 Å². The third-order valence-corrected chi connectivity index (χ3v) is 3.60. The molecule has 2 aromatic rings. The third-order valence-electron chi connectivity index (χ3n) is 2.61. The minimum Gasteiger partial charge on any atom is -0.353 e. The number of hydrogen-bond acceptors (Lipinski definition) is 4. The summed E-state index contributed by atoms with van der Waals surface area (Å²) in [6.07, 6.45) is -4.63. The molecule has 1 aromatic heterocycles. The van der Waals surface area contributed by atoms with Gasteiger partial charge in [-0.15, -0.1) is 0 Å². The quantitative estimate of drug-likeness (QED) is 0.691. The fourth-order valence-corrected chi connectivity index (χ4v) is 2.61. The summed E-state index contributed by atoms with van der Waals surface area (Å²) in [5.74, 6) is -1.45. The molecule has 0 aliphatic heterocycles. The number of halogens is 3. The first kappa shape index (κ1) is 16.5. The van der Waals surface area contributed by atoms with Gasteiger partial charge in [0.2, 0.25) is 11.7 Å². The van der Waals surface area contributed by atoms with Crippen molar-refractivity contribution in [2.24, 2.45) is 0 Å². The van der Waals surface area contributed by atoms with Crippen LogP contribution in [0.1, 0.15) is 19.7 Å². The summed E-state index contributed by atoms with van der Waals surface area (Å²) in [6.45, 7) is 3.62. The van der Waals surface area contributed by atoms with E-state index in [-0.39, 0.29) is 28.2 Å². The van der Waals surface area contributed by atoms with Crippen LogP contribution in [0.25, 0.3) is 10.9 Å². The van der Waals surface area contributed by atoms with E-state index in [0.717, 1.165) is 11.8 Å². The van der Waals surface area contributed by atoms with Gasteiger partial charge in [-0.1, -0.05) is 30.0 Å². The fraction of sp³-hybridized carbons (Fsp3) is 0.357. The number of amides is 1. The monoisotopic (exact) mass is 329 g/mol. The van der Waals surface area contributed by atoms with Crippen molar-refractivity contribution >= 4 is 28.6 Å². The summed E-state index contributed by atoms with van der Waals surface area (Å²) >= 11 is 0.967. The standard InChI is InChI=1S/C14H14F3N3OS/c1-8(2)18-11(21)7-22-12-9-5-3-4-6-10(9)19-13(20-12)14(15,16)17/h3-6,8H,7H2,1-2H3,(H,18,21). The number of rotatable bonds is 4. The minimum atomic E-state index is -4.63. The molecule has 8 heteroatoms.